The van der Waals surface area contributed by atoms with Gasteiger partial charge in [-0.1, -0.05) is 6.07 Å². The third-order valence-corrected chi connectivity index (χ3v) is 5.36. The number of hydrogen-bond donors (Lipinski definition) is 0. The molecule has 1 aliphatic heterocycles. The molecule has 1 aromatic carbocycles. The van der Waals surface area contributed by atoms with E-state index in [0.29, 0.717) is 24.8 Å². The number of benzene rings is 1. The molecule has 1 aliphatic rings. The quantitative estimate of drug-likeness (QED) is 0.587. The van der Waals surface area contributed by atoms with Crippen LogP contribution in [-0.4, -0.2) is 45.4 Å². The van der Waals surface area contributed by atoms with Crippen molar-refractivity contribution < 1.29 is 14.3 Å². The van der Waals surface area contributed by atoms with E-state index in [0.717, 1.165) is 22.2 Å². The second-order valence-corrected chi connectivity index (χ2v) is 7.23. The summed E-state index contributed by atoms with van der Waals surface area (Å²) in [5.41, 5.74) is 1.29. The molecule has 2 aromatic heterocycles. The van der Waals surface area contributed by atoms with Gasteiger partial charge in [-0.2, -0.15) is 4.98 Å². The molecular weight excluding hydrogens is 390 g/mol. The van der Waals surface area contributed by atoms with Crippen molar-refractivity contribution in [3.8, 4) is 5.75 Å². The molecule has 158 valence electrons. The van der Waals surface area contributed by atoms with E-state index in [9.17, 15) is 14.4 Å². The van der Waals surface area contributed by atoms with Crippen LogP contribution < -0.4 is 20.9 Å². The van der Waals surface area contributed by atoms with Crippen molar-refractivity contribution in [2.24, 2.45) is 7.05 Å². The maximum Gasteiger partial charge on any atom is 0.333 e. The van der Waals surface area contributed by atoms with Gasteiger partial charge >= 0.3 is 11.7 Å². The number of fused-ring (bicyclic) bond motifs is 3. The Kier molecular flexibility index (Phi) is 4.84. The number of aromatic nitrogens is 4. The SMILES string of the molecule is COC(=O)Cn1c(=O)c2c(nc3n2CCCN3c2cc(C)ccc2OC)n(C)c1=O. The minimum Gasteiger partial charge on any atom is -0.495 e. The lowest BCUT2D eigenvalue weighted by Crippen LogP contribution is -2.41. The second kappa shape index (κ2) is 7.36. The van der Waals surface area contributed by atoms with E-state index >= 15 is 0 Å². The summed E-state index contributed by atoms with van der Waals surface area (Å²) in [5, 5.41) is 0. The molecule has 3 heterocycles. The highest BCUT2D eigenvalue weighted by molar-refractivity contribution is 5.79. The molecule has 0 saturated heterocycles. The van der Waals surface area contributed by atoms with Crippen LogP contribution in [-0.2, 0) is 29.7 Å². The Balaban J connectivity index is 1.97. The number of anilines is 2. The largest absolute Gasteiger partial charge is 0.495 e. The van der Waals surface area contributed by atoms with Gasteiger partial charge in [0.2, 0.25) is 5.95 Å². The second-order valence-electron chi connectivity index (χ2n) is 7.23. The average molecular weight is 413 g/mol. The fraction of sp³-hybridized carbons (Fsp3) is 0.400. The van der Waals surface area contributed by atoms with E-state index in [1.807, 2.05) is 30.0 Å². The summed E-state index contributed by atoms with van der Waals surface area (Å²) in [7, 11) is 4.36. The zero-order valence-electron chi connectivity index (χ0n) is 17.3. The molecule has 10 nitrogen and oxygen atoms in total. The van der Waals surface area contributed by atoms with Crippen molar-refractivity contribution >= 4 is 28.8 Å². The summed E-state index contributed by atoms with van der Waals surface area (Å²) < 4.78 is 14.1. The van der Waals surface area contributed by atoms with Crippen molar-refractivity contribution in [1.29, 1.82) is 0 Å². The summed E-state index contributed by atoms with van der Waals surface area (Å²) in [6.45, 7) is 2.80. The standard InChI is InChI=1S/C20H23N5O5/c1-12-6-7-14(29-3)13(10-12)23-8-5-9-24-16-17(21-19(23)24)22(2)20(28)25(18(16)27)11-15(26)30-4/h6-7,10H,5,8-9,11H2,1-4H3. The summed E-state index contributed by atoms with van der Waals surface area (Å²) in [6, 6.07) is 5.86. The summed E-state index contributed by atoms with van der Waals surface area (Å²) >= 11 is 0. The van der Waals surface area contributed by atoms with Gasteiger partial charge in [0.25, 0.3) is 5.56 Å². The van der Waals surface area contributed by atoms with Gasteiger partial charge in [-0.05, 0) is 31.0 Å². The Morgan fingerprint density at radius 3 is 2.67 bits per heavy atom. The maximum absolute atomic E-state index is 13.1. The van der Waals surface area contributed by atoms with Crippen LogP contribution in [0.1, 0.15) is 12.0 Å². The number of imidazole rings is 1. The van der Waals surface area contributed by atoms with Crippen molar-refractivity contribution in [1.82, 2.24) is 18.7 Å². The van der Waals surface area contributed by atoms with Gasteiger partial charge < -0.3 is 18.9 Å². The van der Waals surface area contributed by atoms with Crippen molar-refractivity contribution in [2.75, 3.05) is 25.7 Å². The molecule has 0 radical (unpaired) electrons. The molecule has 0 saturated carbocycles. The first-order valence-electron chi connectivity index (χ1n) is 9.56. The van der Waals surface area contributed by atoms with Crippen LogP contribution in [0.2, 0.25) is 0 Å². The number of carbonyl (C=O) groups excluding carboxylic acids is 1. The Bertz CT molecular complexity index is 1270. The molecule has 10 heteroatoms. The highest BCUT2D eigenvalue weighted by Gasteiger charge is 2.28. The number of ether oxygens (including phenoxy) is 2. The zero-order chi connectivity index (χ0) is 21.6. The number of methoxy groups -OCH3 is 2. The number of rotatable bonds is 4. The Morgan fingerprint density at radius 2 is 1.97 bits per heavy atom. The topological polar surface area (TPSA) is 101 Å². The minimum absolute atomic E-state index is 0.277. The number of hydrogen-bond acceptors (Lipinski definition) is 7. The van der Waals surface area contributed by atoms with Gasteiger partial charge in [-0.15, -0.1) is 0 Å². The molecule has 0 amide bonds. The lowest BCUT2D eigenvalue weighted by molar-refractivity contribution is -0.141. The van der Waals surface area contributed by atoms with Crippen LogP contribution in [0.4, 0.5) is 11.6 Å². The molecule has 0 N–H and O–H groups in total. The number of esters is 1. The van der Waals surface area contributed by atoms with Crippen molar-refractivity contribution in [2.45, 2.75) is 26.4 Å². The first-order valence-corrected chi connectivity index (χ1v) is 9.56. The van der Waals surface area contributed by atoms with Crippen molar-refractivity contribution in [3.63, 3.8) is 0 Å². The molecular formula is C20H23N5O5. The first kappa shape index (κ1) is 19.7. The number of aryl methyl sites for hydroxylation is 3. The summed E-state index contributed by atoms with van der Waals surface area (Å²) in [4.78, 5) is 44.2. The molecule has 3 aromatic rings. The van der Waals surface area contributed by atoms with Crippen LogP contribution in [0.15, 0.2) is 27.8 Å². The lowest BCUT2D eigenvalue weighted by Gasteiger charge is -2.30. The first-order chi connectivity index (χ1) is 14.4. The molecule has 0 aliphatic carbocycles. The highest BCUT2D eigenvalue weighted by atomic mass is 16.5. The average Bonchev–Trinajstić information content (AvgIpc) is 3.15. The van der Waals surface area contributed by atoms with Crippen LogP contribution in [0.5, 0.6) is 5.75 Å². The van der Waals surface area contributed by atoms with Gasteiger partial charge in [0.05, 0.1) is 19.9 Å². The smallest absolute Gasteiger partial charge is 0.333 e. The molecule has 0 bridgehead atoms. The molecule has 30 heavy (non-hydrogen) atoms. The Morgan fingerprint density at radius 1 is 1.20 bits per heavy atom. The van der Waals surface area contributed by atoms with Crippen molar-refractivity contribution in [3.05, 3.63) is 44.6 Å². The minimum atomic E-state index is -0.668. The van der Waals surface area contributed by atoms with E-state index in [1.165, 1.54) is 18.7 Å². The number of carbonyl (C=O) groups is 1. The van der Waals surface area contributed by atoms with E-state index in [-0.39, 0.29) is 11.2 Å². The third kappa shape index (κ3) is 2.95. The Labute approximate surface area is 171 Å². The van der Waals surface area contributed by atoms with Gasteiger partial charge in [-0.25, -0.2) is 9.36 Å². The van der Waals surface area contributed by atoms with Crippen LogP contribution in [0.3, 0.4) is 0 Å². The maximum atomic E-state index is 13.1. The predicted octanol–water partition coefficient (Wildman–Crippen LogP) is 0.929. The van der Waals surface area contributed by atoms with Gasteiger partial charge in [0, 0.05) is 20.1 Å². The Hall–Kier alpha value is -3.56. The predicted molar refractivity (Wildman–Crippen MR) is 111 cm³/mol. The lowest BCUT2D eigenvalue weighted by atomic mass is 10.1. The van der Waals surface area contributed by atoms with E-state index in [1.54, 1.807) is 11.7 Å². The normalized spacial score (nSPS) is 13.4. The fourth-order valence-electron chi connectivity index (χ4n) is 3.84. The monoisotopic (exact) mass is 413 g/mol. The number of nitrogens with zero attached hydrogens (tertiary/aromatic N) is 5. The molecule has 0 unspecified atom stereocenters. The third-order valence-electron chi connectivity index (χ3n) is 5.36. The van der Waals surface area contributed by atoms with Crippen LogP contribution in [0, 0.1) is 6.92 Å². The van der Waals surface area contributed by atoms with E-state index < -0.39 is 23.8 Å². The fourth-order valence-corrected chi connectivity index (χ4v) is 3.84. The molecule has 4 rings (SSSR count). The van der Waals surface area contributed by atoms with Gasteiger partial charge in [0.15, 0.2) is 11.2 Å². The van der Waals surface area contributed by atoms with Crippen LogP contribution in [0.25, 0.3) is 11.2 Å². The molecule has 0 spiro atoms. The van der Waals surface area contributed by atoms with Crippen LogP contribution >= 0.6 is 0 Å². The van der Waals surface area contributed by atoms with Gasteiger partial charge in [-0.3, -0.25) is 14.2 Å². The van der Waals surface area contributed by atoms with Gasteiger partial charge in [0.1, 0.15) is 12.3 Å². The van der Waals surface area contributed by atoms with E-state index in [2.05, 4.69) is 9.72 Å². The molecule has 0 atom stereocenters. The highest BCUT2D eigenvalue weighted by Crippen LogP contribution is 2.37. The van der Waals surface area contributed by atoms with E-state index in [4.69, 9.17) is 4.74 Å². The summed E-state index contributed by atoms with van der Waals surface area (Å²) in [6.07, 6.45) is 0.773. The zero-order valence-corrected chi connectivity index (χ0v) is 17.3. The molecule has 0 fully saturated rings. The summed E-state index contributed by atoms with van der Waals surface area (Å²) in [5.74, 6) is 0.583.